The third-order valence-electron chi connectivity index (χ3n) is 2.90. The minimum absolute atomic E-state index is 0.245. The monoisotopic (exact) mass is 271 g/mol. The highest BCUT2D eigenvalue weighted by molar-refractivity contribution is 5.68. The molecule has 19 heavy (non-hydrogen) atoms. The summed E-state index contributed by atoms with van der Waals surface area (Å²) in [4.78, 5) is 23.9. The number of amides is 1. The summed E-state index contributed by atoms with van der Waals surface area (Å²) in [5, 5.41) is 0. The van der Waals surface area contributed by atoms with Crippen molar-refractivity contribution in [1.29, 1.82) is 0 Å². The molecule has 0 bridgehead atoms. The molecule has 1 rings (SSSR count). The Balaban J connectivity index is 2.33. The second-order valence-corrected chi connectivity index (χ2v) is 5.96. The molecule has 0 aromatic carbocycles. The first-order chi connectivity index (χ1) is 8.92. The summed E-state index contributed by atoms with van der Waals surface area (Å²) in [5.41, 5.74) is -0.454. The number of carbonyl (C=O) groups is 2. The van der Waals surface area contributed by atoms with Gasteiger partial charge in [-0.3, -0.25) is 0 Å². The largest absolute Gasteiger partial charge is 0.444 e. The highest BCUT2D eigenvalue weighted by atomic mass is 16.6. The molecule has 0 N–H and O–H groups in total. The van der Waals surface area contributed by atoms with Crippen molar-refractivity contribution in [1.82, 2.24) is 4.90 Å². The molecule has 1 atom stereocenters. The number of likely N-dealkylation sites (tertiary alicyclic amines) is 1. The molecule has 1 heterocycles. The molecule has 1 amide bonds. The Labute approximate surface area is 115 Å². The number of hydrogen-bond donors (Lipinski definition) is 0. The van der Waals surface area contributed by atoms with E-state index < -0.39 is 5.60 Å². The van der Waals surface area contributed by atoms with Crippen LogP contribution in [0.4, 0.5) is 4.79 Å². The SMILES string of the molecule is CC(C)(C)OC(=O)N1CCCC(COCCC=O)C1. The van der Waals surface area contributed by atoms with Gasteiger partial charge in [-0.2, -0.15) is 0 Å². The Morgan fingerprint density at radius 1 is 1.42 bits per heavy atom. The van der Waals surface area contributed by atoms with E-state index in [-0.39, 0.29) is 6.09 Å². The van der Waals surface area contributed by atoms with E-state index in [0.717, 1.165) is 25.7 Å². The molecular weight excluding hydrogens is 246 g/mol. The Morgan fingerprint density at radius 3 is 2.79 bits per heavy atom. The van der Waals surface area contributed by atoms with Gasteiger partial charge in [0.15, 0.2) is 0 Å². The van der Waals surface area contributed by atoms with E-state index in [1.165, 1.54) is 0 Å². The molecule has 0 aromatic heterocycles. The van der Waals surface area contributed by atoms with Gasteiger partial charge in [0, 0.05) is 25.4 Å². The molecular formula is C14H25NO4. The normalized spacial score (nSPS) is 20.2. The van der Waals surface area contributed by atoms with Gasteiger partial charge in [-0.25, -0.2) is 4.79 Å². The molecule has 1 aliphatic rings. The van der Waals surface area contributed by atoms with Gasteiger partial charge in [-0.15, -0.1) is 0 Å². The molecule has 0 spiro atoms. The van der Waals surface area contributed by atoms with Gasteiger partial charge in [-0.1, -0.05) is 0 Å². The first-order valence-electron chi connectivity index (χ1n) is 6.91. The maximum absolute atomic E-state index is 12.0. The van der Waals surface area contributed by atoms with Crippen molar-refractivity contribution in [3.8, 4) is 0 Å². The zero-order valence-corrected chi connectivity index (χ0v) is 12.2. The van der Waals surface area contributed by atoms with Gasteiger partial charge < -0.3 is 19.2 Å². The first kappa shape index (κ1) is 16.0. The Morgan fingerprint density at radius 2 is 2.16 bits per heavy atom. The quantitative estimate of drug-likeness (QED) is 0.568. The van der Waals surface area contributed by atoms with E-state index in [2.05, 4.69) is 0 Å². The van der Waals surface area contributed by atoms with E-state index in [1.807, 2.05) is 20.8 Å². The van der Waals surface area contributed by atoms with Gasteiger partial charge >= 0.3 is 6.09 Å². The van der Waals surface area contributed by atoms with Crippen LogP contribution in [0, 0.1) is 5.92 Å². The minimum atomic E-state index is -0.454. The number of nitrogens with zero attached hydrogens (tertiary/aromatic N) is 1. The number of piperidine rings is 1. The highest BCUT2D eigenvalue weighted by Gasteiger charge is 2.27. The lowest BCUT2D eigenvalue weighted by atomic mass is 9.99. The molecule has 1 unspecified atom stereocenters. The average molecular weight is 271 g/mol. The van der Waals surface area contributed by atoms with Crippen LogP contribution < -0.4 is 0 Å². The van der Waals surface area contributed by atoms with Crippen LogP contribution in [0.2, 0.25) is 0 Å². The topological polar surface area (TPSA) is 55.8 Å². The predicted octanol–water partition coefficient (Wildman–Crippen LogP) is 2.24. The van der Waals surface area contributed by atoms with Crippen LogP contribution in [0.25, 0.3) is 0 Å². The van der Waals surface area contributed by atoms with E-state index in [4.69, 9.17) is 9.47 Å². The van der Waals surface area contributed by atoms with Crippen molar-refractivity contribution < 1.29 is 19.1 Å². The van der Waals surface area contributed by atoms with Crippen molar-refractivity contribution in [3.05, 3.63) is 0 Å². The van der Waals surface area contributed by atoms with Crippen LogP contribution in [0.1, 0.15) is 40.0 Å². The smallest absolute Gasteiger partial charge is 0.410 e. The van der Waals surface area contributed by atoms with Gasteiger partial charge in [0.25, 0.3) is 0 Å². The van der Waals surface area contributed by atoms with Crippen molar-refractivity contribution in [2.75, 3.05) is 26.3 Å². The maximum atomic E-state index is 12.0. The Hall–Kier alpha value is -1.10. The third kappa shape index (κ3) is 6.57. The van der Waals surface area contributed by atoms with Crippen LogP contribution in [-0.4, -0.2) is 49.2 Å². The fraction of sp³-hybridized carbons (Fsp3) is 0.857. The summed E-state index contributed by atoms with van der Waals surface area (Å²) < 4.78 is 10.8. The summed E-state index contributed by atoms with van der Waals surface area (Å²) in [7, 11) is 0. The number of carbonyl (C=O) groups excluding carboxylic acids is 2. The van der Waals surface area contributed by atoms with Gasteiger partial charge in [0.05, 0.1) is 13.2 Å². The second-order valence-electron chi connectivity index (χ2n) is 5.96. The summed E-state index contributed by atoms with van der Waals surface area (Å²) >= 11 is 0. The lowest BCUT2D eigenvalue weighted by molar-refractivity contribution is -0.108. The van der Waals surface area contributed by atoms with E-state index in [1.54, 1.807) is 4.90 Å². The lowest BCUT2D eigenvalue weighted by Gasteiger charge is -2.34. The maximum Gasteiger partial charge on any atom is 0.410 e. The zero-order chi connectivity index (χ0) is 14.3. The minimum Gasteiger partial charge on any atom is -0.444 e. The van der Waals surface area contributed by atoms with Gasteiger partial charge in [-0.05, 0) is 33.6 Å². The molecule has 110 valence electrons. The standard InChI is InChI=1S/C14H25NO4/c1-14(2,3)19-13(17)15-7-4-6-12(10-15)11-18-9-5-8-16/h8,12H,4-7,9-11H2,1-3H3. The number of aldehydes is 1. The fourth-order valence-corrected chi connectivity index (χ4v) is 2.07. The van der Waals surface area contributed by atoms with Gasteiger partial charge in [0.2, 0.25) is 0 Å². The van der Waals surface area contributed by atoms with E-state index in [9.17, 15) is 9.59 Å². The summed E-state index contributed by atoms with van der Waals surface area (Å²) in [6.07, 6.45) is 3.07. The van der Waals surface area contributed by atoms with Crippen LogP contribution in [0.15, 0.2) is 0 Å². The summed E-state index contributed by atoms with van der Waals surface area (Å²) in [5.74, 6) is 0.341. The van der Waals surface area contributed by atoms with Crippen molar-refractivity contribution in [2.24, 2.45) is 5.92 Å². The molecule has 0 aliphatic carbocycles. The Kier molecular flexibility index (Phi) is 6.28. The van der Waals surface area contributed by atoms with Crippen molar-refractivity contribution >= 4 is 12.4 Å². The number of hydrogen-bond acceptors (Lipinski definition) is 4. The molecule has 0 saturated carbocycles. The van der Waals surface area contributed by atoms with Crippen LogP contribution in [0.5, 0.6) is 0 Å². The van der Waals surface area contributed by atoms with E-state index >= 15 is 0 Å². The summed E-state index contributed by atoms with van der Waals surface area (Å²) in [6, 6.07) is 0. The fourth-order valence-electron chi connectivity index (χ4n) is 2.07. The van der Waals surface area contributed by atoms with Crippen LogP contribution >= 0.6 is 0 Å². The molecule has 5 nitrogen and oxygen atoms in total. The number of ether oxygens (including phenoxy) is 2. The van der Waals surface area contributed by atoms with Crippen LogP contribution in [0.3, 0.4) is 0 Å². The number of rotatable bonds is 5. The molecule has 1 fully saturated rings. The molecule has 1 saturated heterocycles. The highest BCUT2D eigenvalue weighted by Crippen LogP contribution is 2.19. The zero-order valence-electron chi connectivity index (χ0n) is 12.2. The van der Waals surface area contributed by atoms with Gasteiger partial charge in [0.1, 0.15) is 11.9 Å². The average Bonchev–Trinajstić information content (AvgIpc) is 2.33. The molecule has 1 aliphatic heterocycles. The third-order valence-corrected chi connectivity index (χ3v) is 2.90. The van der Waals surface area contributed by atoms with Crippen LogP contribution in [-0.2, 0) is 14.3 Å². The van der Waals surface area contributed by atoms with E-state index in [0.29, 0.717) is 32.1 Å². The lowest BCUT2D eigenvalue weighted by Crippen LogP contribution is -2.43. The molecule has 0 radical (unpaired) electrons. The Bertz CT molecular complexity index is 298. The second kappa shape index (κ2) is 7.48. The van der Waals surface area contributed by atoms with Crippen molar-refractivity contribution in [2.45, 2.75) is 45.6 Å². The molecule has 0 aromatic rings. The predicted molar refractivity (Wildman–Crippen MR) is 72.0 cm³/mol. The molecule has 5 heteroatoms. The summed E-state index contributed by atoms with van der Waals surface area (Å²) in [6.45, 7) is 8.11. The van der Waals surface area contributed by atoms with Crippen molar-refractivity contribution in [3.63, 3.8) is 0 Å². The first-order valence-corrected chi connectivity index (χ1v) is 6.91.